The van der Waals surface area contributed by atoms with Gasteiger partial charge in [-0.05, 0) is 6.42 Å². The summed E-state index contributed by atoms with van der Waals surface area (Å²) in [5.74, 6) is 0.859. The molecule has 0 radical (unpaired) electrons. The van der Waals surface area contributed by atoms with E-state index in [0.29, 0.717) is 37.2 Å². The van der Waals surface area contributed by atoms with Crippen molar-refractivity contribution in [1.82, 2.24) is 25.3 Å². The van der Waals surface area contributed by atoms with Crippen molar-refractivity contribution in [3.05, 3.63) is 12.2 Å². The molecule has 90 valence electrons. The Morgan fingerprint density at radius 2 is 2.41 bits per heavy atom. The number of aliphatic hydroxyl groups is 1. The molecule has 3 rings (SSSR count). The largest absolute Gasteiger partial charge is 0.392 e. The van der Waals surface area contributed by atoms with Crippen molar-refractivity contribution >= 4 is 0 Å². The van der Waals surface area contributed by atoms with Gasteiger partial charge in [0.25, 0.3) is 0 Å². The van der Waals surface area contributed by atoms with Gasteiger partial charge in [0.05, 0.1) is 18.6 Å². The van der Waals surface area contributed by atoms with Gasteiger partial charge in [0.2, 0.25) is 11.7 Å². The van der Waals surface area contributed by atoms with Crippen LogP contribution in [0.4, 0.5) is 0 Å². The highest BCUT2D eigenvalue weighted by molar-refractivity contribution is 5.39. The lowest BCUT2D eigenvalue weighted by molar-refractivity contribution is -0.0149. The normalized spacial score (nSPS) is 25.0. The van der Waals surface area contributed by atoms with E-state index in [0.717, 1.165) is 0 Å². The second-order valence-corrected chi connectivity index (χ2v) is 3.83. The number of nitrogens with one attached hydrogen (secondary N) is 1. The second kappa shape index (κ2) is 4.22. The first-order valence-electron chi connectivity index (χ1n) is 5.30. The molecule has 2 unspecified atom stereocenters. The van der Waals surface area contributed by atoms with Crippen LogP contribution in [0.2, 0.25) is 0 Å². The molecule has 1 saturated heterocycles. The van der Waals surface area contributed by atoms with Crippen molar-refractivity contribution < 1.29 is 14.4 Å². The minimum Gasteiger partial charge on any atom is -0.392 e. The molecule has 2 aromatic rings. The maximum absolute atomic E-state index is 9.82. The summed E-state index contributed by atoms with van der Waals surface area (Å²) in [6, 6.07) is 0. The fraction of sp³-hybridized carbons (Fsp3) is 0.556. The van der Waals surface area contributed by atoms with Gasteiger partial charge in [0.1, 0.15) is 6.33 Å². The number of rotatable bonds is 2. The highest BCUT2D eigenvalue weighted by Gasteiger charge is 2.30. The summed E-state index contributed by atoms with van der Waals surface area (Å²) in [6.45, 7) is 0.944. The number of hydrogen-bond donors (Lipinski definition) is 2. The van der Waals surface area contributed by atoms with Crippen LogP contribution in [-0.2, 0) is 4.74 Å². The van der Waals surface area contributed by atoms with Gasteiger partial charge in [0.15, 0.2) is 5.82 Å². The molecule has 0 bridgehead atoms. The van der Waals surface area contributed by atoms with Crippen LogP contribution in [-0.4, -0.2) is 49.7 Å². The monoisotopic (exact) mass is 237 g/mol. The molecule has 2 atom stereocenters. The van der Waals surface area contributed by atoms with Gasteiger partial charge in [-0.25, -0.2) is 4.98 Å². The Hall–Kier alpha value is -1.80. The highest BCUT2D eigenvalue weighted by Crippen LogP contribution is 2.25. The molecule has 1 fully saturated rings. The maximum Gasteiger partial charge on any atom is 0.239 e. The van der Waals surface area contributed by atoms with Crippen LogP contribution in [0.5, 0.6) is 0 Å². The predicted octanol–water partition coefficient (Wildman–Crippen LogP) is -0.281. The van der Waals surface area contributed by atoms with Crippen LogP contribution < -0.4 is 0 Å². The minimum atomic E-state index is -0.508. The first kappa shape index (κ1) is 10.4. The van der Waals surface area contributed by atoms with E-state index in [1.54, 1.807) is 0 Å². The summed E-state index contributed by atoms with van der Waals surface area (Å²) < 4.78 is 10.4. The van der Waals surface area contributed by atoms with Crippen molar-refractivity contribution in [2.75, 3.05) is 13.2 Å². The van der Waals surface area contributed by atoms with E-state index in [-0.39, 0.29) is 5.92 Å². The molecule has 0 amide bonds. The van der Waals surface area contributed by atoms with Crippen LogP contribution in [0, 0.1) is 0 Å². The molecule has 1 aliphatic heterocycles. The number of aromatic nitrogens is 5. The van der Waals surface area contributed by atoms with Crippen LogP contribution in [0.3, 0.4) is 0 Å². The lowest BCUT2D eigenvalue weighted by Crippen LogP contribution is -2.30. The molecule has 2 N–H and O–H groups in total. The summed E-state index contributed by atoms with van der Waals surface area (Å²) in [6.07, 6.45) is 1.43. The zero-order chi connectivity index (χ0) is 11.7. The quantitative estimate of drug-likeness (QED) is 0.738. The van der Waals surface area contributed by atoms with Crippen molar-refractivity contribution in [2.45, 2.75) is 18.4 Å². The topological polar surface area (TPSA) is 110 Å². The van der Waals surface area contributed by atoms with Gasteiger partial charge in [-0.2, -0.15) is 10.1 Å². The van der Waals surface area contributed by atoms with Crippen molar-refractivity contribution in [3.63, 3.8) is 0 Å². The average Bonchev–Trinajstić information content (AvgIpc) is 3.00. The fourth-order valence-corrected chi connectivity index (χ4v) is 1.76. The fourth-order valence-electron chi connectivity index (χ4n) is 1.76. The van der Waals surface area contributed by atoms with Gasteiger partial charge in [0, 0.05) is 6.61 Å². The van der Waals surface area contributed by atoms with E-state index >= 15 is 0 Å². The number of nitrogens with zero attached hydrogens (tertiary/aromatic N) is 4. The number of ether oxygens (including phenoxy) is 1. The van der Waals surface area contributed by atoms with Crippen molar-refractivity contribution in [3.8, 4) is 11.6 Å². The third-order valence-electron chi connectivity index (χ3n) is 2.71. The second-order valence-electron chi connectivity index (χ2n) is 3.83. The van der Waals surface area contributed by atoms with E-state index in [4.69, 9.17) is 9.26 Å². The van der Waals surface area contributed by atoms with Gasteiger partial charge in [-0.1, -0.05) is 5.16 Å². The third-order valence-corrected chi connectivity index (χ3v) is 2.71. The lowest BCUT2D eigenvalue weighted by Gasteiger charge is -2.24. The summed E-state index contributed by atoms with van der Waals surface area (Å²) >= 11 is 0. The zero-order valence-electron chi connectivity index (χ0n) is 8.91. The summed E-state index contributed by atoms with van der Waals surface area (Å²) in [4.78, 5) is 8.09. The summed E-state index contributed by atoms with van der Waals surface area (Å²) in [5, 5.41) is 19.9. The highest BCUT2D eigenvalue weighted by atomic mass is 16.5. The molecule has 17 heavy (non-hydrogen) atoms. The Morgan fingerprint density at radius 3 is 3.18 bits per heavy atom. The molecule has 0 spiro atoms. The van der Waals surface area contributed by atoms with Gasteiger partial charge >= 0.3 is 0 Å². The van der Waals surface area contributed by atoms with Gasteiger partial charge in [-0.3, -0.25) is 5.10 Å². The van der Waals surface area contributed by atoms with Gasteiger partial charge in [-0.15, -0.1) is 0 Å². The molecule has 8 heteroatoms. The zero-order valence-corrected chi connectivity index (χ0v) is 8.91. The molecule has 8 nitrogen and oxygen atoms in total. The van der Waals surface area contributed by atoms with Crippen LogP contribution in [0.1, 0.15) is 18.2 Å². The molecule has 0 saturated carbocycles. The third kappa shape index (κ3) is 1.92. The van der Waals surface area contributed by atoms with E-state index in [1.165, 1.54) is 6.33 Å². The van der Waals surface area contributed by atoms with E-state index in [2.05, 4.69) is 25.3 Å². The molecular weight excluding hydrogens is 226 g/mol. The molecule has 0 aromatic carbocycles. The molecular formula is C9H11N5O3. The Kier molecular flexibility index (Phi) is 2.57. The van der Waals surface area contributed by atoms with Crippen LogP contribution >= 0.6 is 0 Å². The van der Waals surface area contributed by atoms with Crippen molar-refractivity contribution in [2.24, 2.45) is 0 Å². The Morgan fingerprint density at radius 1 is 1.47 bits per heavy atom. The smallest absolute Gasteiger partial charge is 0.239 e. The Bertz CT molecular complexity index is 483. The van der Waals surface area contributed by atoms with Gasteiger partial charge < -0.3 is 14.4 Å². The predicted molar refractivity (Wildman–Crippen MR) is 53.9 cm³/mol. The Balaban J connectivity index is 1.84. The van der Waals surface area contributed by atoms with E-state index < -0.39 is 6.10 Å². The Labute approximate surface area is 96.0 Å². The SMILES string of the molecule is OC1CCOCC1c1nc(-c2ncn[nH]2)no1. The standard InChI is InChI=1S/C9H11N5O3/c15-6-1-2-16-3-5(6)9-12-8(14-17-9)7-10-4-11-13-7/h4-6,15H,1-3H2,(H,10,11,13). The molecule has 1 aliphatic rings. The maximum atomic E-state index is 9.82. The lowest BCUT2D eigenvalue weighted by atomic mass is 9.99. The number of H-pyrrole nitrogens is 1. The van der Waals surface area contributed by atoms with Crippen LogP contribution in [0.25, 0.3) is 11.6 Å². The molecule has 3 heterocycles. The van der Waals surface area contributed by atoms with Crippen LogP contribution in [0.15, 0.2) is 10.9 Å². The number of hydrogen-bond acceptors (Lipinski definition) is 7. The van der Waals surface area contributed by atoms with Crippen molar-refractivity contribution in [1.29, 1.82) is 0 Å². The van der Waals surface area contributed by atoms with E-state index in [9.17, 15) is 5.11 Å². The van der Waals surface area contributed by atoms with E-state index in [1.807, 2.05) is 0 Å². The first-order chi connectivity index (χ1) is 8.34. The minimum absolute atomic E-state index is 0.270. The number of aliphatic hydroxyl groups excluding tert-OH is 1. The average molecular weight is 237 g/mol. The summed E-state index contributed by atoms with van der Waals surface area (Å²) in [7, 11) is 0. The first-order valence-corrected chi connectivity index (χ1v) is 5.30. The number of aromatic amines is 1. The molecule has 0 aliphatic carbocycles. The summed E-state index contributed by atoms with van der Waals surface area (Å²) in [5.41, 5.74) is 0. The molecule has 2 aromatic heterocycles.